The third-order valence-electron chi connectivity index (χ3n) is 9.43. The summed E-state index contributed by atoms with van der Waals surface area (Å²) in [6.45, 7) is 4.00. The molecule has 0 saturated heterocycles. The molecule has 2 aliphatic carbocycles. The van der Waals surface area contributed by atoms with Gasteiger partial charge in [-0.2, -0.15) is 0 Å². The summed E-state index contributed by atoms with van der Waals surface area (Å²) in [6.07, 6.45) is 4.63. The fourth-order valence-electron chi connectivity index (χ4n) is 6.09. The van der Waals surface area contributed by atoms with Crippen LogP contribution < -0.4 is 15.4 Å². The van der Waals surface area contributed by atoms with Gasteiger partial charge in [-0.25, -0.2) is 0 Å². The van der Waals surface area contributed by atoms with Gasteiger partial charge >= 0.3 is 0 Å². The van der Waals surface area contributed by atoms with Crippen LogP contribution in [0.25, 0.3) is 11.1 Å². The van der Waals surface area contributed by atoms with E-state index in [0.29, 0.717) is 12.5 Å². The van der Waals surface area contributed by atoms with Gasteiger partial charge in [0.15, 0.2) is 0 Å². The van der Waals surface area contributed by atoms with Crippen LogP contribution in [0.1, 0.15) is 72.8 Å². The molecule has 0 radical (unpaired) electrons. The Kier molecular flexibility index (Phi) is 11.7. The molecule has 1 amide bonds. The van der Waals surface area contributed by atoms with Crippen LogP contribution in [0.3, 0.4) is 0 Å². The number of hydrogen-bond donors (Lipinski definition) is 7. The first-order chi connectivity index (χ1) is 22.6. The summed E-state index contributed by atoms with van der Waals surface area (Å²) in [5, 5.41) is 54.3. The molecule has 2 aliphatic rings. The van der Waals surface area contributed by atoms with Crippen molar-refractivity contribution in [3.8, 4) is 16.9 Å². The second kappa shape index (κ2) is 15.7. The van der Waals surface area contributed by atoms with E-state index in [1.807, 2.05) is 18.5 Å². The van der Waals surface area contributed by atoms with E-state index < -0.39 is 31.0 Å². The maximum Gasteiger partial charge on any atom is 0.220 e. The van der Waals surface area contributed by atoms with Crippen molar-refractivity contribution in [2.45, 2.75) is 108 Å². The SMILES string of the molecule is Cc1cc(CNC2(c3cnccc3-c3ccccc3OC3CC3)CC2)c(C)cc1CCCCC(=O)NC[C@H](O)[C@@H](O)[C@H](O)[C@H](O)CO. The monoisotopic (exact) mass is 647 g/mol. The predicted molar refractivity (Wildman–Crippen MR) is 179 cm³/mol. The molecule has 10 nitrogen and oxygen atoms in total. The summed E-state index contributed by atoms with van der Waals surface area (Å²) >= 11 is 0. The van der Waals surface area contributed by atoms with E-state index in [0.717, 1.165) is 56.4 Å². The van der Waals surface area contributed by atoms with Crippen molar-refractivity contribution in [3.05, 3.63) is 82.7 Å². The molecule has 2 saturated carbocycles. The van der Waals surface area contributed by atoms with Crippen LogP contribution in [-0.4, -0.2) is 80.1 Å². The fourth-order valence-corrected chi connectivity index (χ4v) is 6.09. The minimum absolute atomic E-state index is 0.121. The zero-order valence-corrected chi connectivity index (χ0v) is 27.4. The van der Waals surface area contributed by atoms with Crippen molar-refractivity contribution < 1.29 is 35.1 Å². The largest absolute Gasteiger partial charge is 0.490 e. The smallest absolute Gasteiger partial charge is 0.220 e. The van der Waals surface area contributed by atoms with Gasteiger partial charge in [0.25, 0.3) is 0 Å². The Balaban J connectivity index is 1.12. The lowest BCUT2D eigenvalue weighted by Crippen LogP contribution is -2.49. The van der Waals surface area contributed by atoms with Gasteiger partial charge in [0.1, 0.15) is 24.1 Å². The van der Waals surface area contributed by atoms with Crippen LogP contribution in [0, 0.1) is 13.8 Å². The molecule has 0 bridgehead atoms. The quantitative estimate of drug-likeness (QED) is 0.103. The van der Waals surface area contributed by atoms with Crippen molar-refractivity contribution in [2.24, 2.45) is 0 Å². The van der Waals surface area contributed by atoms with Gasteiger partial charge in [-0.1, -0.05) is 30.3 Å². The number of rotatable bonds is 18. The molecule has 0 aliphatic heterocycles. The molecule has 47 heavy (non-hydrogen) atoms. The minimum Gasteiger partial charge on any atom is -0.490 e. The lowest BCUT2D eigenvalue weighted by atomic mass is 9.93. The summed E-state index contributed by atoms with van der Waals surface area (Å²) < 4.78 is 6.26. The number of carbonyl (C=O) groups is 1. The first-order valence-electron chi connectivity index (χ1n) is 16.8. The van der Waals surface area contributed by atoms with Crippen LogP contribution in [0.2, 0.25) is 0 Å². The molecule has 1 aromatic heterocycles. The van der Waals surface area contributed by atoms with Crippen molar-refractivity contribution in [3.63, 3.8) is 0 Å². The Morgan fingerprint density at radius 1 is 0.957 bits per heavy atom. The molecule has 0 unspecified atom stereocenters. The molecule has 3 aromatic rings. The standard InChI is InChI=1S/C37H49N3O7/c1-23-18-26(24(2)17-25(23)7-3-6-10-34(44)39-21-31(42)35(45)36(46)32(43)22-41)19-40-37(14-15-37)30-20-38-16-13-28(30)29-8-4-5-9-33(29)47-27-11-12-27/h4-5,8-9,13,16-18,20,27,31-32,35-36,40-43,45-46H,3,6-7,10-12,14-15,19,21-22H2,1-2H3,(H,39,44)/t31-,32+,35+,36+/m0/s1. The van der Waals surface area contributed by atoms with Crippen LogP contribution in [0.5, 0.6) is 5.75 Å². The lowest BCUT2D eigenvalue weighted by molar-refractivity contribution is -0.126. The van der Waals surface area contributed by atoms with Gasteiger partial charge in [0.2, 0.25) is 5.91 Å². The molecule has 2 fully saturated rings. The number of benzene rings is 2. The Morgan fingerprint density at radius 3 is 2.38 bits per heavy atom. The number of pyridine rings is 1. The number of unbranched alkanes of at least 4 members (excludes halogenated alkanes) is 1. The van der Waals surface area contributed by atoms with Gasteiger partial charge in [0.05, 0.1) is 18.8 Å². The van der Waals surface area contributed by atoms with E-state index in [-0.39, 0.29) is 24.4 Å². The molecule has 5 rings (SSSR count). The normalized spacial score (nSPS) is 17.9. The number of nitrogens with zero attached hydrogens (tertiary/aromatic N) is 1. The number of aryl methyl sites for hydroxylation is 3. The molecule has 7 N–H and O–H groups in total. The number of carbonyl (C=O) groups excluding carboxylic acids is 1. The van der Waals surface area contributed by atoms with E-state index in [9.17, 15) is 25.2 Å². The summed E-state index contributed by atoms with van der Waals surface area (Å²) in [6, 6.07) is 14.9. The van der Waals surface area contributed by atoms with E-state index >= 15 is 0 Å². The number of hydrogen-bond acceptors (Lipinski definition) is 9. The first kappa shape index (κ1) is 34.9. The maximum atomic E-state index is 12.3. The van der Waals surface area contributed by atoms with Gasteiger partial charge in [-0.15, -0.1) is 0 Å². The molecule has 4 atom stereocenters. The van der Waals surface area contributed by atoms with Gasteiger partial charge in [0, 0.05) is 43.0 Å². The van der Waals surface area contributed by atoms with Crippen LogP contribution >= 0.6 is 0 Å². The summed E-state index contributed by atoms with van der Waals surface area (Å²) in [7, 11) is 0. The number of aromatic nitrogens is 1. The summed E-state index contributed by atoms with van der Waals surface area (Å²) in [5.74, 6) is 0.666. The molecule has 1 heterocycles. The molecule has 10 heteroatoms. The molecule has 2 aromatic carbocycles. The van der Waals surface area contributed by atoms with Crippen molar-refractivity contribution in [2.75, 3.05) is 13.2 Å². The lowest BCUT2D eigenvalue weighted by Gasteiger charge is -2.25. The van der Waals surface area contributed by atoms with Gasteiger partial charge in [-0.05, 0) is 104 Å². The first-order valence-corrected chi connectivity index (χ1v) is 16.8. The zero-order valence-electron chi connectivity index (χ0n) is 27.4. The summed E-state index contributed by atoms with van der Waals surface area (Å²) in [5.41, 5.74) is 8.34. The third-order valence-corrected chi connectivity index (χ3v) is 9.43. The number of aliphatic hydroxyl groups excluding tert-OH is 5. The fraction of sp³-hybridized carbons (Fsp3) is 0.514. The van der Waals surface area contributed by atoms with Crippen LogP contribution in [0.15, 0.2) is 54.9 Å². The molecule has 254 valence electrons. The highest BCUT2D eigenvalue weighted by Crippen LogP contribution is 2.50. The average molecular weight is 648 g/mol. The Bertz CT molecular complexity index is 1510. The number of ether oxygens (including phenoxy) is 1. The van der Waals surface area contributed by atoms with Gasteiger partial charge < -0.3 is 40.9 Å². The van der Waals surface area contributed by atoms with E-state index in [4.69, 9.17) is 9.84 Å². The Labute approximate surface area is 276 Å². The minimum atomic E-state index is -1.72. The van der Waals surface area contributed by atoms with Crippen molar-refractivity contribution in [1.82, 2.24) is 15.6 Å². The highest BCUT2D eigenvalue weighted by Gasteiger charge is 2.46. The predicted octanol–water partition coefficient (Wildman–Crippen LogP) is 2.95. The number of nitrogens with one attached hydrogen (secondary N) is 2. The maximum absolute atomic E-state index is 12.3. The van der Waals surface area contributed by atoms with Crippen LogP contribution in [-0.2, 0) is 23.3 Å². The van der Waals surface area contributed by atoms with Crippen molar-refractivity contribution in [1.29, 1.82) is 0 Å². The van der Waals surface area contributed by atoms with Gasteiger partial charge in [-0.3, -0.25) is 9.78 Å². The number of amides is 1. The number of para-hydroxylation sites is 1. The summed E-state index contributed by atoms with van der Waals surface area (Å²) in [4.78, 5) is 16.8. The van der Waals surface area contributed by atoms with E-state index in [1.54, 1.807) is 0 Å². The highest BCUT2D eigenvalue weighted by molar-refractivity contribution is 5.76. The third kappa shape index (κ3) is 8.95. The Morgan fingerprint density at radius 2 is 1.66 bits per heavy atom. The number of aliphatic hydroxyl groups is 5. The topological polar surface area (TPSA) is 164 Å². The highest BCUT2D eigenvalue weighted by atomic mass is 16.5. The van der Waals surface area contributed by atoms with Crippen molar-refractivity contribution >= 4 is 5.91 Å². The molecular weight excluding hydrogens is 598 g/mol. The molecule has 0 spiro atoms. The average Bonchev–Trinajstić information content (AvgIpc) is 4.03. The van der Waals surface area contributed by atoms with Crippen LogP contribution in [0.4, 0.5) is 0 Å². The van der Waals surface area contributed by atoms with E-state index in [1.165, 1.54) is 33.4 Å². The molecular formula is C37H49N3O7. The zero-order chi connectivity index (χ0) is 33.6. The second-order valence-corrected chi connectivity index (χ2v) is 13.2. The van der Waals surface area contributed by atoms with E-state index in [2.05, 4.69) is 65.9 Å². The second-order valence-electron chi connectivity index (χ2n) is 13.2. The Hall–Kier alpha value is -3.38.